The topological polar surface area (TPSA) is 59.0 Å². The predicted octanol–water partition coefficient (Wildman–Crippen LogP) is 1.28. The smallest absolute Gasteiger partial charge is 0.224 e. The SMILES string of the molecule is O=C(Cc1ccc(-n2cccn2)cc1)NCC1CCCN1. The second-order valence-corrected chi connectivity index (χ2v) is 5.39. The van der Waals surface area contributed by atoms with E-state index in [-0.39, 0.29) is 5.91 Å². The number of benzene rings is 1. The maximum absolute atomic E-state index is 11.9. The van der Waals surface area contributed by atoms with Crippen molar-refractivity contribution < 1.29 is 4.79 Å². The Morgan fingerprint density at radius 2 is 2.24 bits per heavy atom. The Bertz CT molecular complexity index is 571. The largest absolute Gasteiger partial charge is 0.354 e. The molecule has 0 aliphatic carbocycles. The van der Waals surface area contributed by atoms with Gasteiger partial charge in [0.2, 0.25) is 5.91 Å². The van der Waals surface area contributed by atoms with Gasteiger partial charge in [0, 0.05) is 25.0 Å². The van der Waals surface area contributed by atoms with E-state index in [1.807, 2.05) is 36.5 Å². The summed E-state index contributed by atoms with van der Waals surface area (Å²) in [5, 5.41) is 10.6. The fourth-order valence-electron chi connectivity index (χ4n) is 2.60. The first-order valence-corrected chi connectivity index (χ1v) is 7.40. The number of hydrogen-bond acceptors (Lipinski definition) is 3. The van der Waals surface area contributed by atoms with Gasteiger partial charge in [-0.3, -0.25) is 4.79 Å². The van der Waals surface area contributed by atoms with Crippen LogP contribution in [0.25, 0.3) is 5.69 Å². The number of carbonyl (C=O) groups excluding carboxylic acids is 1. The third-order valence-corrected chi connectivity index (χ3v) is 3.78. The minimum atomic E-state index is 0.0792. The third kappa shape index (κ3) is 3.70. The van der Waals surface area contributed by atoms with Gasteiger partial charge < -0.3 is 10.6 Å². The van der Waals surface area contributed by atoms with Crippen molar-refractivity contribution in [3.05, 3.63) is 48.3 Å². The highest BCUT2D eigenvalue weighted by atomic mass is 16.1. The van der Waals surface area contributed by atoms with Crippen LogP contribution in [0.4, 0.5) is 0 Å². The average Bonchev–Trinajstić information content (AvgIpc) is 3.19. The van der Waals surface area contributed by atoms with Crippen molar-refractivity contribution in [3.8, 4) is 5.69 Å². The summed E-state index contributed by atoms with van der Waals surface area (Å²) in [4.78, 5) is 11.9. The first-order valence-electron chi connectivity index (χ1n) is 7.40. The first-order chi connectivity index (χ1) is 10.3. The van der Waals surface area contributed by atoms with Crippen molar-refractivity contribution in [2.24, 2.45) is 0 Å². The molecule has 1 aromatic heterocycles. The van der Waals surface area contributed by atoms with Gasteiger partial charge in [0.25, 0.3) is 0 Å². The summed E-state index contributed by atoms with van der Waals surface area (Å²) in [5.41, 5.74) is 2.02. The van der Waals surface area contributed by atoms with Crippen molar-refractivity contribution in [3.63, 3.8) is 0 Å². The maximum Gasteiger partial charge on any atom is 0.224 e. The van der Waals surface area contributed by atoms with Crippen LogP contribution < -0.4 is 10.6 Å². The molecule has 5 heteroatoms. The van der Waals surface area contributed by atoms with E-state index in [1.54, 1.807) is 10.9 Å². The van der Waals surface area contributed by atoms with Crippen molar-refractivity contribution in [2.45, 2.75) is 25.3 Å². The zero-order chi connectivity index (χ0) is 14.5. The van der Waals surface area contributed by atoms with E-state index in [0.29, 0.717) is 12.5 Å². The highest BCUT2D eigenvalue weighted by Gasteiger charge is 2.14. The molecule has 0 saturated carbocycles. The molecule has 2 N–H and O–H groups in total. The van der Waals surface area contributed by atoms with Crippen LogP contribution in [0.1, 0.15) is 18.4 Å². The molecule has 1 aliphatic heterocycles. The number of nitrogens with one attached hydrogen (secondary N) is 2. The summed E-state index contributed by atoms with van der Waals surface area (Å²) in [6, 6.07) is 10.2. The minimum Gasteiger partial charge on any atom is -0.354 e. The predicted molar refractivity (Wildman–Crippen MR) is 81.3 cm³/mol. The molecule has 1 unspecified atom stereocenters. The normalized spacial score (nSPS) is 17.8. The van der Waals surface area contributed by atoms with E-state index >= 15 is 0 Å². The molecule has 2 aromatic rings. The molecule has 3 rings (SSSR count). The van der Waals surface area contributed by atoms with Crippen LogP contribution in [0.3, 0.4) is 0 Å². The Kier molecular flexibility index (Phi) is 4.31. The molecule has 1 fully saturated rings. The van der Waals surface area contributed by atoms with Gasteiger partial charge in [-0.1, -0.05) is 12.1 Å². The Balaban J connectivity index is 1.51. The summed E-state index contributed by atoms with van der Waals surface area (Å²) < 4.78 is 1.80. The van der Waals surface area contributed by atoms with E-state index in [4.69, 9.17) is 0 Å². The van der Waals surface area contributed by atoms with Gasteiger partial charge in [-0.25, -0.2) is 4.68 Å². The van der Waals surface area contributed by atoms with Gasteiger partial charge in [0.05, 0.1) is 12.1 Å². The zero-order valence-electron chi connectivity index (χ0n) is 12.0. The quantitative estimate of drug-likeness (QED) is 0.869. The first kappa shape index (κ1) is 13.8. The highest BCUT2D eigenvalue weighted by Crippen LogP contribution is 2.09. The summed E-state index contributed by atoms with van der Waals surface area (Å²) in [6.07, 6.45) is 6.43. The Morgan fingerprint density at radius 1 is 1.38 bits per heavy atom. The van der Waals surface area contributed by atoms with Gasteiger partial charge in [-0.05, 0) is 43.1 Å². The highest BCUT2D eigenvalue weighted by molar-refractivity contribution is 5.78. The van der Waals surface area contributed by atoms with E-state index in [2.05, 4.69) is 15.7 Å². The second kappa shape index (κ2) is 6.54. The fourth-order valence-corrected chi connectivity index (χ4v) is 2.60. The molecule has 0 radical (unpaired) electrons. The summed E-state index contributed by atoms with van der Waals surface area (Å²) in [6.45, 7) is 1.79. The van der Waals surface area contributed by atoms with Gasteiger partial charge >= 0.3 is 0 Å². The van der Waals surface area contributed by atoms with E-state index < -0.39 is 0 Å². The average molecular weight is 284 g/mol. The Hall–Kier alpha value is -2.14. The van der Waals surface area contributed by atoms with E-state index in [1.165, 1.54) is 6.42 Å². The molecule has 1 atom stereocenters. The van der Waals surface area contributed by atoms with Crippen molar-refractivity contribution in [1.82, 2.24) is 20.4 Å². The molecule has 2 heterocycles. The van der Waals surface area contributed by atoms with Crippen LogP contribution in [-0.2, 0) is 11.2 Å². The number of amides is 1. The minimum absolute atomic E-state index is 0.0792. The van der Waals surface area contributed by atoms with Gasteiger partial charge in [-0.15, -0.1) is 0 Å². The fraction of sp³-hybridized carbons (Fsp3) is 0.375. The molecule has 1 saturated heterocycles. The van der Waals surface area contributed by atoms with Crippen LogP contribution in [0, 0.1) is 0 Å². The third-order valence-electron chi connectivity index (χ3n) is 3.78. The molecular weight excluding hydrogens is 264 g/mol. The zero-order valence-corrected chi connectivity index (χ0v) is 12.0. The molecule has 21 heavy (non-hydrogen) atoms. The number of hydrogen-bond donors (Lipinski definition) is 2. The van der Waals surface area contributed by atoms with Crippen LogP contribution in [0.15, 0.2) is 42.7 Å². The number of carbonyl (C=O) groups is 1. The van der Waals surface area contributed by atoms with Crippen LogP contribution in [0.2, 0.25) is 0 Å². The van der Waals surface area contributed by atoms with Gasteiger partial charge in [-0.2, -0.15) is 5.10 Å². The molecular formula is C16H20N4O. The Morgan fingerprint density at radius 3 is 2.90 bits per heavy atom. The monoisotopic (exact) mass is 284 g/mol. The summed E-state index contributed by atoms with van der Waals surface area (Å²) in [5.74, 6) is 0.0792. The molecule has 110 valence electrons. The van der Waals surface area contributed by atoms with Gasteiger partial charge in [0.15, 0.2) is 0 Å². The standard InChI is InChI=1S/C16H20N4O/c21-16(18-12-14-3-1-8-17-14)11-13-4-6-15(7-5-13)20-10-2-9-19-20/h2,4-7,9-10,14,17H,1,3,8,11-12H2,(H,18,21). The van der Waals surface area contributed by atoms with E-state index in [0.717, 1.165) is 30.8 Å². The number of nitrogens with zero attached hydrogens (tertiary/aromatic N) is 2. The Labute approximate surface area is 124 Å². The molecule has 5 nitrogen and oxygen atoms in total. The van der Waals surface area contributed by atoms with Gasteiger partial charge in [0.1, 0.15) is 0 Å². The van der Waals surface area contributed by atoms with Crippen LogP contribution in [-0.4, -0.2) is 34.8 Å². The summed E-state index contributed by atoms with van der Waals surface area (Å²) >= 11 is 0. The van der Waals surface area contributed by atoms with Crippen molar-refractivity contribution >= 4 is 5.91 Å². The molecule has 1 aromatic carbocycles. The molecule has 1 aliphatic rings. The lowest BCUT2D eigenvalue weighted by atomic mass is 10.1. The number of aromatic nitrogens is 2. The molecule has 0 bridgehead atoms. The molecule has 0 spiro atoms. The van der Waals surface area contributed by atoms with Crippen molar-refractivity contribution in [1.29, 1.82) is 0 Å². The second-order valence-electron chi connectivity index (χ2n) is 5.39. The lowest BCUT2D eigenvalue weighted by Crippen LogP contribution is -2.37. The van der Waals surface area contributed by atoms with Crippen LogP contribution in [0.5, 0.6) is 0 Å². The van der Waals surface area contributed by atoms with Crippen LogP contribution >= 0.6 is 0 Å². The summed E-state index contributed by atoms with van der Waals surface area (Å²) in [7, 11) is 0. The molecule has 1 amide bonds. The number of rotatable bonds is 5. The van der Waals surface area contributed by atoms with Crippen molar-refractivity contribution in [2.75, 3.05) is 13.1 Å². The van der Waals surface area contributed by atoms with E-state index in [9.17, 15) is 4.79 Å². The maximum atomic E-state index is 11.9. The lowest BCUT2D eigenvalue weighted by molar-refractivity contribution is -0.120. The lowest BCUT2D eigenvalue weighted by Gasteiger charge is -2.11.